The highest BCUT2D eigenvalue weighted by Gasteiger charge is 2.31. The van der Waals surface area contributed by atoms with E-state index in [1.165, 1.54) is 18.4 Å². The lowest BCUT2D eigenvalue weighted by Crippen LogP contribution is -2.38. The van der Waals surface area contributed by atoms with Crippen molar-refractivity contribution in [1.82, 2.24) is 19.4 Å². The number of rotatable bonds is 8. The van der Waals surface area contributed by atoms with E-state index in [4.69, 9.17) is 10.7 Å². The molecule has 0 radical (unpaired) electrons. The van der Waals surface area contributed by atoms with E-state index in [0.29, 0.717) is 59.7 Å². The molecule has 9 heteroatoms. The van der Waals surface area contributed by atoms with Crippen molar-refractivity contribution in [2.45, 2.75) is 52.1 Å². The summed E-state index contributed by atoms with van der Waals surface area (Å²) in [6, 6.07) is 15.9. The summed E-state index contributed by atoms with van der Waals surface area (Å²) >= 11 is 0. The molecule has 4 heterocycles. The second-order valence-corrected chi connectivity index (χ2v) is 11.3. The number of aliphatic hydroxyl groups is 1. The first-order valence-corrected chi connectivity index (χ1v) is 15.0. The van der Waals surface area contributed by atoms with Crippen LogP contribution in [0.1, 0.15) is 65.3 Å². The molecule has 2 aromatic carbocycles. The smallest absolute Gasteiger partial charge is 0.258 e. The molecule has 0 unspecified atom stereocenters. The Bertz CT molecular complexity index is 1860. The Morgan fingerprint density at radius 1 is 1.07 bits per heavy atom. The van der Waals surface area contributed by atoms with Gasteiger partial charge in [-0.05, 0) is 73.9 Å². The predicted octanol–water partition coefficient (Wildman–Crippen LogP) is 5.67. The van der Waals surface area contributed by atoms with Crippen LogP contribution in [0.2, 0.25) is 0 Å². The third-order valence-corrected chi connectivity index (χ3v) is 8.66. The second-order valence-electron chi connectivity index (χ2n) is 11.3. The maximum absolute atomic E-state index is 13.8. The first-order valence-electron chi connectivity index (χ1n) is 15.0. The molecule has 1 fully saturated rings. The predicted molar refractivity (Wildman–Crippen MR) is 169 cm³/mol. The van der Waals surface area contributed by atoms with Crippen LogP contribution in [0.3, 0.4) is 0 Å². The fourth-order valence-electron chi connectivity index (χ4n) is 6.32. The SMILES string of the molecule is CCc1nc(N)ccc1N(CC)c1nc(-c2cccc(N3CCc4cc(C5CC5)ccc4C3=O)c2CO)cn2ccnc12. The minimum atomic E-state index is -0.235. The molecule has 1 saturated carbocycles. The molecule has 9 nitrogen and oxygen atoms in total. The van der Waals surface area contributed by atoms with Crippen molar-refractivity contribution in [3.63, 3.8) is 0 Å². The Kier molecular flexibility index (Phi) is 6.82. The van der Waals surface area contributed by atoms with Crippen LogP contribution in [0.4, 0.5) is 23.0 Å². The van der Waals surface area contributed by atoms with Crippen LogP contribution in [-0.4, -0.2) is 43.5 Å². The molecule has 3 N–H and O–H groups in total. The molecular formula is C34H35N7O2. The van der Waals surface area contributed by atoms with Crippen LogP contribution < -0.4 is 15.5 Å². The number of fused-ring (bicyclic) bond motifs is 2. The number of hydrogen-bond acceptors (Lipinski definition) is 7. The average molecular weight is 574 g/mol. The third-order valence-electron chi connectivity index (χ3n) is 8.66. The number of nitrogens with zero attached hydrogens (tertiary/aromatic N) is 6. The van der Waals surface area contributed by atoms with Crippen molar-refractivity contribution < 1.29 is 9.90 Å². The van der Waals surface area contributed by atoms with Gasteiger partial charge < -0.3 is 25.0 Å². The van der Waals surface area contributed by atoms with Crippen molar-refractivity contribution >= 4 is 34.6 Å². The lowest BCUT2D eigenvalue weighted by Gasteiger charge is -2.31. The van der Waals surface area contributed by atoms with Crippen molar-refractivity contribution in [3.05, 3.63) is 95.1 Å². The number of hydrogen-bond donors (Lipinski definition) is 2. The van der Waals surface area contributed by atoms with Gasteiger partial charge in [0.15, 0.2) is 11.5 Å². The van der Waals surface area contributed by atoms with Gasteiger partial charge in [0.2, 0.25) is 0 Å². The molecule has 1 amide bonds. The fraction of sp³-hybridized carbons (Fsp3) is 0.294. The van der Waals surface area contributed by atoms with Gasteiger partial charge in [-0.25, -0.2) is 15.0 Å². The second kappa shape index (κ2) is 10.8. The van der Waals surface area contributed by atoms with Gasteiger partial charge in [0.1, 0.15) is 5.82 Å². The van der Waals surface area contributed by atoms with E-state index in [1.807, 2.05) is 47.1 Å². The number of benzene rings is 2. The van der Waals surface area contributed by atoms with Crippen LogP contribution in [0, 0.1) is 0 Å². The van der Waals surface area contributed by atoms with Crippen LogP contribution in [0.5, 0.6) is 0 Å². The summed E-state index contributed by atoms with van der Waals surface area (Å²) in [7, 11) is 0. The number of nitrogen functional groups attached to an aromatic ring is 1. The molecule has 218 valence electrons. The number of nitrogens with two attached hydrogens (primary N) is 1. The zero-order valence-electron chi connectivity index (χ0n) is 24.5. The van der Waals surface area contributed by atoms with Crippen molar-refractivity contribution in [1.29, 1.82) is 0 Å². The summed E-state index contributed by atoms with van der Waals surface area (Å²) in [5.41, 5.74) is 14.5. The normalized spacial score (nSPS) is 14.8. The Morgan fingerprint density at radius 3 is 2.70 bits per heavy atom. The lowest BCUT2D eigenvalue weighted by molar-refractivity contribution is 0.0980. The Balaban J connectivity index is 1.32. The van der Waals surface area contributed by atoms with Crippen LogP contribution >= 0.6 is 0 Å². The molecule has 0 saturated heterocycles. The molecule has 3 aromatic heterocycles. The number of imidazole rings is 1. The molecule has 0 spiro atoms. The van der Waals surface area contributed by atoms with Gasteiger partial charge in [0.05, 0.1) is 29.4 Å². The van der Waals surface area contributed by atoms with E-state index in [1.54, 1.807) is 17.2 Å². The summed E-state index contributed by atoms with van der Waals surface area (Å²) in [6.45, 7) is 5.08. The zero-order chi connectivity index (χ0) is 29.7. The van der Waals surface area contributed by atoms with E-state index in [9.17, 15) is 9.90 Å². The van der Waals surface area contributed by atoms with Crippen LogP contribution in [-0.2, 0) is 19.4 Å². The van der Waals surface area contributed by atoms with Crippen molar-refractivity contribution in [3.8, 4) is 11.3 Å². The zero-order valence-corrected chi connectivity index (χ0v) is 24.5. The van der Waals surface area contributed by atoms with Crippen LogP contribution in [0.25, 0.3) is 16.9 Å². The summed E-state index contributed by atoms with van der Waals surface area (Å²) in [4.78, 5) is 32.0. The van der Waals surface area contributed by atoms with Gasteiger partial charge in [-0.3, -0.25) is 4.79 Å². The Labute approximate surface area is 250 Å². The van der Waals surface area contributed by atoms with Gasteiger partial charge in [-0.2, -0.15) is 0 Å². The Hall–Kier alpha value is -4.76. The molecule has 1 aliphatic carbocycles. The number of aliphatic hydroxyl groups excluding tert-OH is 1. The molecule has 7 rings (SSSR count). The number of pyridine rings is 1. The molecule has 2 aliphatic rings. The minimum Gasteiger partial charge on any atom is -0.392 e. The quantitative estimate of drug-likeness (QED) is 0.246. The fourth-order valence-corrected chi connectivity index (χ4v) is 6.32. The number of aryl methyl sites for hydroxylation is 1. The number of aromatic nitrogens is 4. The van der Waals surface area contributed by atoms with E-state index < -0.39 is 0 Å². The first-order chi connectivity index (χ1) is 21.0. The number of carbonyl (C=O) groups excluding carboxylic acids is 1. The summed E-state index contributed by atoms with van der Waals surface area (Å²) in [5.74, 6) is 1.77. The van der Waals surface area contributed by atoms with E-state index >= 15 is 0 Å². The number of amides is 1. The van der Waals surface area contributed by atoms with Gasteiger partial charge in [0.25, 0.3) is 5.91 Å². The van der Waals surface area contributed by atoms with Crippen LogP contribution in [0.15, 0.2) is 67.1 Å². The van der Waals surface area contributed by atoms with Crippen molar-refractivity contribution in [2.24, 2.45) is 0 Å². The number of carbonyl (C=O) groups is 1. The third kappa shape index (κ3) is 4.70. The maximum atomic E-state index is 13.8. The molecule has 0 atom stereocenters. The highest BCUT2D eigenvalue weighted by atomic mass is 16.3. The van der Waals surface area contributed by atoms with E-state index in [0.717, 1.165) is 34.5 Å². The summed E-state index contributed by atoms with van der Waals surface area (Å²) in [5, 5.41) is 10.7. The highest BCUT2D eigenvalue weighted by molar-refractivity contribution is 6.09. The van der Waals surface area contributed by atoms with Gasteiger partial charge in [-0.1, -0.05) is 31.2 Å². The van der Waals surface area contributed by atoms with Gasteiger partial charge in [-0.15, -0.1) is 0 Å². The molecule has 43 heavy (non-hydrogen) atoms. The topological polar surface area (TPSA) is 113 Å². The molecule has 1 aliphatic heterocycles. The lowest BCUT2D eigenvalue weighted by atomic mass is 9.93. The molecule has 5 aromatic rings. The first kappa shape index (κ1) is 27.1. The average Bonchev–Trinajstić information content (AvgIpc) is 3.78. The Morgan fingerprint density at radius 2 is 1.93 bits per heavy atom. The van der Waals surface area contributed by atoms with Gasteiger partial charge in [0, 0.05) is 48.4 Å². The highest BCUT2D eigenvalue weighted by Crippen LogP contribution is 2.42. The van der Waals surface area contributed by atoms with Gasteiger partial charge >= 0.3 is 0 Å². The molecular weight excluding hydrogens is 538 g/mol. The standard InChI is InChI=1S/C34H35N7O2/c1-3-27-30(12-13-31(35)37-27)40(4-2)33-32-36-15-17-39(32)19-28(38-33)25-6-5-7-29(26(25)20-42)41-16-14-23-18-22(21-8-9-21)10-11-24(23)34(41)43/h5-7,10-13,15,17-19,21,42H,3-4,8-9,14,16,20H2,1-2H3,(H2,35,37). The molecule has 0 bridgehead atoms. The largest absolute Gasteiger partial charge is 0.392 e. The maximum Gasteiger partial charge on any atom is 0.258 e. The monoisotopic (exact) mass is 573 g/mol. The van der Waals surface area contributed by atoms with E-state index in [-0.39, 0.29) is 12.5 Å². The van der Waals surface area contributed by atoms with Crippen molar-refractivity contribution in [2.75, 3.05) is 28.6 Å². The number of anilines is 4. The summed E-state index contributed by atoms with van der Waals surface area (Å²) in [6.07, 6.45) is 9.53. The summed E-state index contributed by atoms with van der Waals surface area (Å²) < 4.78 is 1.95. The minimum absolute atomic E-state index is 0.0331. The van der Waals surface area contributed by atoms with E-state index in [2.05, 4.69) is 40.8 Å².